The molecule has 2 aromatic rings. The molecular weight excluding hydrogens is 514 g/mol. The van der Waals surface area contributed by atoms with E-state index in [1.807, 2.05) is 0 Å². The molecule has 1 heterocycles. The molecule has 0 N–H and O–H groups in total. The Hall–Kier alpha value is -0.620. The third-order valence-corrected chi connectivity index (χ3v) is 7.03. The molecule has 1 aromatic heterocycles. The first-order chi connectivity index (χ1) is 14.5. The number of fused-ring (bicyclic) bond motifs is 1. The molecule has 0 atom stereocenters. The molecule has 0 saturated heterocycles. The van der Waals surface area contributed by atoms with Crippen LogP contribution in [0.15, 0.2) is 8.95 Å². The van der Waals surface area contributed by atoms with Gasteiger partial charge >= 0.3 is 0 Å². The zero-order valence-electron chi connectivity index (χ0n) is 18.3. The van der Waals surface area contributed by atoms with Crippen LogP contribution in [0.25, 0.3) is 11.0 Å². The van der Waals surface area contributed by atoms with Crippen molar-refractivity contribution in [2.75, 3.05) is 0 Å². The highest BCUT2D eigenvalue weighted by Gasteiger charge is 2.21. The summed E-state index contributed by atoms with van der Waals surface area (Å²) >= 11 is 6.37. The van der Waals surface area contributed by atoms with Gasteiger partial charge in [-0.25, -0.2) is 18.7 Å². The van der Waals surface area contributed by atoms with Crippen molar-refractivity contribution < 1.29 is 8.78 Å². The maximum absolute atomic E-state index is 14.2. The number of rotatable bonds is 14. The van der Waals surface area contributed by atoms with Crippen LogP contribution in [0.4, 0.5) is 8.78 Å². The first-order valence-corrected chi connectivity index (χ1v) is 13.1. The molecule has 0 unspecified atom stereocenters. The summed E-state index contributed by atoms with van der Waals surface area (Å²) in [5, 5.41) is 0. The van der Waals surface area contributed by atoms with Crippen LogP contribution in [-0.4, -0.2) is 9.97 Å². The first kappa shape index (κ1) is 25.6. The molecule has 0 aliphatic rings. The Balaban J connectivity index is 2.18. The maximum Gasteiger partial charge on any atom is 0.176 e. The largest absolute Gasteiger partial charge is 0.248 e. The second-order valence-corrected chi connectivity index (χ2v) is 9.69. The predicted octanol–water partition coefficient (Wildman–Crippen LogP) is 9.24. The molecule has 0 amide bonds. The normalized spacial score (nSPS) is 11.5. The molecule has 0 spiro atoms. The molecule has 0 bridgehead atoms. The van der Waals surface area contributed by atoms with E-state index in [2.05, 4.69) is 45.7 Å². The van der Waals surface area contributed by atoms with Gasteiger partial charge in [0.2, 0.25) is 0 Å². The quantitative estimate of drug-likeness (QED) is 0.134. The molecule has 30 heavy (non-hydrogen) atoms. The van der Waals surface area contributed by atoms with Crippen molar-refractivity contribution in [3.8, 4) is 0 Å². The fraction of sp³-hybridized carbons (Fsp3) is 0.667. The van der Waals surface area contributed by atoms with Crippen LogP contribution in [0.1, 0.15) is 102 Å². The van der Waals surface area contributed by atoms with E-state index in [1.165, 1.54) is 64.2 Å². The highest BCUT2D eigenvalue weighted by atomic mass is 79.9. The van der Waals surface area contributed by atoms with E-state index in [0.717, 1.165) is 37.1 Å². The summed E-state index contributed by atoms with van der Waals surface area (Å²) in [7, 11) is 0. The second kappa shape index (κ2) is 13.7. The number of nitrogens with zero attached hydrogens (tertiary/aromatic N) is 2. The van der Waals surface area contributed by atoms with E-state index in [9.17, 15) is 8.78 Å². The molecule has 0 fully saturated rings. The summed E-state index contributed by atoms with van der Waals surface area (Å²) in [5.74, 6) is -1.84. The van der Waals surface area contributed by atoms with E-state index in [1.54, 1.807) is 0 Å². The van der Waals surface area contributed by atoms with Gasteiger partial charge < -0.3 is 0 Å². The lowest BCUT2D eigenvalue weighted by Gasteiger charge is -2.13. The lowest BCUT2D eigenvalue weighted by Crippen LogP contribution is -2.06. The van der Waals surface area contributed by atoms with Gasteiger partial charge in [0, 0.05) is 0 Å². The summed E-state index contributed by atoms with van der Waals surface area (Å²) < 4.78 is 28.5. The lowest BCUT2D eigenvalue weighted by atomic mass is 10.0. The molecule has 2 rings (SSSR count). The van der Waals surface area contributed by atoms with Crippen molar-refractivity contribution in [2.45, 2.75) is 104 Å². The summed E-state index contributed by atoms with van der Waals surface area (Å²) in [4.78, 5) is 9.51. The minimum Gasteiger partial charge on any atom is -0.248 e. The average Bonchev–Trinajstić information content (AvgIpc) is 2.75. The number of aryl methyl sites for hydroxylation is 2. The van der Waals surface area contributed by atoms with Gasteiger partial charge in [0.05, 0.1) is 20.3 Å². The molecule has 2 nitrogen and oxygen atoms in total. The zero-order valence-corrected chi connectivity index (χ0v) is 21.5. The lowest BCUT2D eigenvalue weighted by molar-refractivity contribution is 0.502. The molecule has 0 aliphatic heterocycles. The van der Waals surface area contributed by atoms with Crippen LogP contribution >= 0.6 is 31.9 Å². The Kier molecular flexibility index (Phi) is 11.7. The van der Waals surface area contributed by atoms with Gasteiger partial charge in [-0.1, -0.05) is 78.1 Å². The Labute approximate surface area is 196 Å². The number of hydrogen-bond acceptors (Lipinski definition) is 2. The van der Waals surface area contributed by atoms with Crippen LogP contribution in [0.2, 0.25) is 0 Å². The van der Waals surface area contributed by atoms with E-state index >= 15 is 0 Å². The van der Waals surface area contributed by atoms with Crippen molar-refractivity contribution in [3.63, 3.8) is 0 Å². The maximum atomic E-state index is 14.2. The summed E-state index contributed by atoms with van der Waals surface area (Å²) in [5.41, 5.74) is 2.66. The molecule has 6 heteroatoms. The number of halogens is 4. The molecule has 168 valence electrons. The summed E-state index contributed by atoms with van der Waals surface area (Å²) in [6.45, 7) is 4.44. The monoisotopic (exact) mass is 546 g/mol. The number of benzene rings is 1. The van der Waals surface area contributed by atoms with Gasteiger partial charge in [-0.3, -0.25) is 0 Å². The van der Waals surface area contributed by atoms with Gasteiger partial charge in [0.1, 0.15) is 11.0 Å². The van der Waals surface area contributed by atoms with Gasteiger partial charge in [-0.05, 0) is 57.5 Å². The Morgan fingerprint density at radius 1 is 0.567 bits per heavy atom. The number of unbranched alkanes of at least 4 members (excludes halogenated alkanes) is 10. The van der Waals surface area contributed by atoms with Crippen molar-refractivity contribution in [3.05, 3.63) is 32.0 Å². The molecular formula is C24H34Br2F2N2. The smallest absolute Gasteiger partial charge is 0.176 e. The van der Waals surface area contributed by atoms with Crippen LogP contribution in [0.5, 0.6) is 0 Å². The standard InChI is InChI=1S/C24H34Br2F2N2/c1-3-5-7-9-11-13-15-17-18(16-14-12-10-8-6-4-2)30-24-20(26)22(28)21(27)19(25)23(24)29-17/h3-16H2,1-2H3. The Bertz CT molecular complexity index is 745. The van der Waals surface area contributed by atoms with E-state index in [-0.39, 0.29) is 8.95 Å². The Morgan fingerprint density at radius 3 is 1.27 bits per heavy atom. The van der Waals surface area contributed by atoms with Crippen LogP contribution < -0.4 is 0 Å². The minimum atomic E-state index is -0.919. The van der Waals surface area contributed by atoms with Crippen LogP contribution in [0, 0.1) is 11.6 Å². The average molecular weight is 548 g/mol. The molecule has 0 radical (unpaired) electrons. The summed E-state index contributed by atoms with van der Waals surface area (Å²) in [6, 6.07) is 0. The first-order valence-electron chi connectivity index (χ1n) is 11.5. The van der Waals surface area contributed by atoms with Crippen LogP contribution in [0.3, 0.4) is 0 Å². The van der Waals surface area contributed by atoms with Crippen molar-refractivity contribution in [2.24, 2.45) is 0 Å². The predicted molar refractivity (Wildman–Crippen MR) is 129 cm³/mol. The van der Waals surface area contributed by atoms with Gasteiger partial charge in [-0.2, -0.15) is 0 Å². The topological polar surface area (TPSA) is 25.8 Å². The van der Waals surface area contributed by atoms with E-state index in [4.69, 9.17) is 9.97 Å². The van der Waals surface area contributed by atoms with Gasteiger partial charge in [0.25, 0.3) is 0 Å². The highest BCUT2D eigenvalue weighted by Crippen LogP contribution is 2.34. The van der Waals surface area contributed by atoms with Crippen molar-refractivity contribution in [1.29, 1.82) is 0 Å². The second-order valence-electron chi connectivity index (χ2n) is 8.11. The number of hydrogen-bond donors (Lipinski definition) is 0. The van der Waals surface area contributed by atoms with E-state index < -0.39 is 11.6 Å². The molecule has 0 aliphatic carbocycles. The molecule has 1 aromatic carbocycles. The van der Waals surface area contributed by atoms with Gasteiger partial charge in [0.15, 0.2) is 11.6 Å². The van der Waals surface area contributed by atoms with E-state index in [0.29, 0.717) is 11.0 Å². The third-order valence-electron chi connectivity index (χ3n) is 5.58. The zero-order chi connectivity index (χ0) is 21.9. The molecule has 0 saturated carbocycles. The number of aromatic nitrogens is 2. The van der Waals surface area contributed by atoms with Crippen LogP contribution in [-0.2, 0) is 12.8 Å². The van der Waals surface area contributed by atoms with Gasteiger partial charge in [-0.15, -0.1) is 0 Å². The fourth-order valence-electron chi connectivity index (χ4n) is 3.76. The Morgan fingerprint density at radius 2 is 0.900 bits per heavy atom. The highest BCUT2D eigenvalue weighted by molar-refractivity contribution is 9.11. The van der Waals surface area contributed by atoms with Crippen molar-refractivity contribution in [1.82, 2.24) is 9.97 Å². The third kappa shape index (κ3) is 7.22. The van der Waals surface area contributed by atoms with Crippen molar-refractivity contribution >= 4 is 42.9 Å². The summed E-state index contributed by atoms with van der Waals surface area (Å²) in [6.07, 6.45) is 16.2. The SMILES string of the molecule is CCCCCCCCc1nc2c(Br)c(F)c(F)c(Br)c2nc1CCCCCCCC. The fourth-order valence-corrected chi connectivity index (χ4v) is 4.66. The minimum absolute atomic E-state index is 0.0565.